The van der Waals surface area contributed by atoms with Gasteiger partial charge in [0.1, 0.15) is 0 Å². The van der Waals surface area contributed by atoms with Crippen molar-refractivity contribution < 1.29 is 0 Å². The highest BCUT2D eigenvalue weighted by Gasteiger charge is 2.51. The van der Waals surface area contributed by atoms with Gasteiger partial charge in [0.2, 0.25) is 0 Å². The van der Waals surface area contributed by atoms with Crippen molar-refractivity contribution >= 4 is 0 Å². The molecule has 0 unspecified atom stereocenters. The molecule has 0 atom stereocenters. The highest BCUT2D eigenvalue weighted by atomic mass is 14.6. The molecule has 0 aliphatic heterocycles. The van der Waals surface area contributed by atoms with Crippen LogP contribution in [0.2, 0.25) is 0 Å². The Morgan fingerprint density at radius 1 is 0.889 bits per heavy atom. The summed E-state index contributed by atoms with van der Waals surface area (Å²) >= 11 is 0. The van der Waals surface area contributed by atoms with E-state index < -0.39 is 0 Å². The number of benzene rings is 1. The molecular weight excluding hydrogens is 216 g/mol. The first-order chi connectivity index (χ1) is 8.77. The van der Waals surface area contributed by atoms with Gasteiger partial charge < -0.3 is 0 Å². The molecule has 4 bridgehead atoms. The summed E-state index contributed by atoms with van der Waals surface area (Å²) in [5, 5.41) is 0. The third-order valence-corrected chi connectivity index (χ3v) is 5.89. The molecule has 0 N–H and O–H groups in total. The normalized spacial score (nSPS) is 41.3. The van der Waals surface area contributed by atoms with Crippen molar-refractivity contribution in [2.45, 2.75) is 50.4 Å². The number of rotatable bonds is 2. The molecule has 1 aromatic rings. The van der Waals surface area contributed by atoms with E-state index in [1.807, 2.05) is 0 Å². The fraction of sp³-hybridized carbons (Fsp3) is 0.611. The van der Waals surface area contributed by atoms with Crippen molar-refractivity contribution in [1.82, 2.24) is 0 Å². The highest BCUT2D eigenvalue weighted by Crippen LogP contribution is 2.60. The molecule has 4 aliphatic rings. The van der Waals surface area contributed by atoms with E-state index in [9.17, 15) is 0 Å². The quantitative estimate of drug-likeness (QED) is 0.711. The first-order valence-corrected chi connectivity index (χ1v) is 7.66. The third-order valence-electron chi connectivity index (χ3n) is 5.89. The third kappa shape index (κ3) is 1.57. The zero-order valence-electron chi connectivity index (χ0n) is 11.2. The van der Waals surface area contributed by atoms with E-state index in [1.54, 1.807) is 5.56 Å². The molecule has 0 nitrogen and oxygen atoms in total. The summed E-state index contributed by atoms with van der Waals surface area (Å²) in [4.78, 5) is 0. The summed E-state index contributed by atoms with van der Waals surface area (Å²) in [6.45, 7) is 3.98. The molecule has 0 heterocycles. The second kappa shape index (κ2) is 3.85. The predicted octanol–water partition coefficient (Wildman–Crippen LogP) is 4.53. The van der Waals surface area contributed by atoms with Gasteiger partial charge in [-0.25, -0.2) is 0 Å². The zero-order valence-corrected chi connectivity index (χ0v) is 11.2. The summed E-state index contributed by atoms with van der Waals surface area (Å²) < 4.78 is 0. The van der Waals surface area contributed by atoms with Gasteiger partial charge in [-0.1, -0.05) is 24.3 Å². The molecule has 4 aliphatic carbocycles. The van der Waals surface area contributed by atoms with Crippen LogP contribution in [0.25, 0.3) is 0 Å². The van der Waals surface area contributed by atoms with Crippen molar-refractivity contribution in [1.29, 1.82) is 0 Å². The van der Waals surface area contributed by atoms with E-state index in [4.69, 9.17) is 0 Å². The molecular formula is C18H23. The van der Waals surface area contributed by atoms with Crippen molar-refractivity contribution in [3.63, 3.8) is 0 Å². The van der Waals surface area contributed by atoms with Gasteiger partial charge >= 0.3 is 0 Å². The monoisotopic (exact) mass is 239 g/mol. The van der Waals surface area contributed by atoms with Crippen LogP contribution in [0.1, 0.15) is 49.7 Å². The largest absolute Gasteiger partial charge is 0.0587 e. The molecule has 0 amide bonds. The molecule has 4 saturated carbocycles. The minimum atomic E-state index is 0.564. The van der Waals surface area contributed by atoms with Crippen LogP contribution in [0.15, 0.2) is 24.3 Å². The fourth-order valence-corrected chi connectivity index (χ4v) is 5.49. The topological polar surface area (TPSA) is 0 Å². The molecule has 95 valence electrons. The lowest BCUT2D eigenvalue weighted by atomic mass is 9.48. The van der Waals surface area contributed by atoms with Crippen molar-refractivity contribution in [2.24, 2.45) is 17.8 Å². The average Bonchev–Trinajstić information content (AvgIpc) is 2.37. The first kappa shape index (κ1) is 11.1. The van der Waals surface area contributed by atoms with Crippen LogP contribution in [0.4, 0.5) is 0 Å². The predicted molar refractivity (Wildman–Crippen MR) is 75.4 cm³/mol. The van der Waals surface area contributed by atoms with Gasteiger partial charge in [0.25, 0.3) is 0 Å². The molecule has 0 saturated heterocycles. The maximum atomic E-state index is 3.98. The lowest BCUT2D eigenvalue weighted by Crippen LogP contribution is -2.48. The van der Waals surface area contributed by atoms with Gasteiger partial charge in [-0.15, -0.1) is 0 Å². The zero-order chi connectivity index (χ0) is 12.2. The van der Waals surface area contributed by atoms with Crippen LogP contribution in [-0.4, -0.2) is 0 Å². The lowest BCUT2D eigenvalue weighted by molar-refractivity contribution is -0.00519. The lowest BCUT2D eigenvalue weighted by Gasteiger charge is -2.57. The van der Waals surface area contributed by atoms with Crippen molar-refractivity contribution in [3.05, 3.63) is 42.3 Å². The molecule has 0 heteroatoms. The summed E-state index contributed by atoms with van der Waals surface area (Å²) in [5.74, 6) is 3.14. The van der Waals surface area contributed by atoms with Crippen LogP contribution in [0.5, 0.6) is 0 Å². The second-order valence-electron chi connectivity index (χ2n) is 7.14. The van der Waals surface area contributed by atoms with Gasteiger partial charge in [0.15, 0.2) is 0 Å². The van der Waals surface area contributed by atoms with Crippen LogP contribution in [0, 0.1) is 24.7 Å². The second-order valence-corrected chi connectivity index (χ2v) is 7.14. The Kier molecular flexibility index (Phi) is 2.37. The molecule has 18 heavy (non-hydrogen) atoms. The minimum absolute atomic E-state index is 0.564. The van der Waals surface area contributed by atoms with Gasteiger partial charge in [0, 0.05) is 0 Å². The van der Waals surface area contributed by atoms with E-state index in [1.165, 1.54) is 44.1 Å². The summed E-state index contributed by atoms with van der Waals surface area (Å²) in [5.41, 5.74) is 3.58. The average molecular weight is 239 g/mol. The Morgan fingerprint density at radius 3 is 1.83 bits per heavy atom. The Balaban J connectivity index is 1.70. The Labute approximate surface area is 111 Å². The highest BCUT2D eigenvalue weighted by molar-refractivity contribution is 5.32. The molecule has 5 rings (SSSR count). The molecule has 1 aromatic carbocycles. The molecule has 0 aromatic heterocycles. The maximum Gasteiger partial charge on any atom is -0.00391 e. The van der Waals surface area contributed by atoms with E-state index in [-0.39, 0.29) is 0 Å². The van der Waals surface area contributed by atoms with Gasteiger partial charge in [-0.2, -0.15) is 0 Å². The van der Waals surface area contributed by atoms with Crippen LogP contribution in [0.3, 0.4) is 0 Å². The summed E-state index contributed by atoms with van der Waals surface area (Å²) in [6.07, 6.45) is 9.96. The van der Waals surface area contributed by atoms with Gasteiger partial charge in [-0.05, 0) is 86.2 Å². The van der Waals surface area contributed by atoms with E-state index in [0.29, 0.717) is 5.41 Å². The van der Waals surface area contributed by atoms with E-state index in [2.05, 4.69) is 31.2 Å². The molecule has 4 fully saturated rings. The maximum absolute atomic E-state index is 3.98. The Hall–Kier alpha value is -0.780. The minimum Gasteiger partial charge on any atom is -0.0587 e. The van der Waals surface area contributed by atoms with E-state index >= 15 is 0 Å². The van der Waals surface area contributed by atoms with Gasteiger partial charge in [0.05, 0.1) is 0 Å². The summed E-state index contributed by atoms with van der Waals surface area (Å²) in [7, 11) is 0. The number of hydrogen-bond donors (Lipinski definition) is 0. The molecule has 0 spiro atoms. The SMILES string of the molecule is [CH2]Cc1ccc(C23CC4CC(CC(C4)C2)C3)cc1. The van der Waals surface area contributed by atoms with Crippen LogP contribution >= 0.6 is 0 Å². The molecule has 1 radical (unpaired) electrons. The van der Waals surface area contributed by atoms with Gasteiger partial charge in [-0.3, -0.25) is 0 Å². The standard InChI is InChI=1S/C18H23/c1-2-13-3-5-17(6-4-13)18-10-14-7-15(11-18)9-16(8-14)12-18/h3-6,14-16H,1-2,7-12H2. The Bertz CT molecular complexity index is 404. The van der Waals surface area contributed by atoms with Crippen molar-refractivity contribution in [3.8, 4) is 0 Å². The summed E-state index contributed by atoms with van der Waals surface area (Å²) in [6, 6.07) is 9.43. The van der Waals surface area contributed by atoms with Crippen molar-refractivity contribution in [2.75, 3.05) is 0 Å². The fourth-order valence-electron chi connectivity index (χ4n) is 5.49. The Morgan fingerprint density at radius 2 is 1.39 bits per heavy atom. The van der Waals surface area contributed by atoms with Crippen LogP contribution < -0.4 is 0 Å². The van der Waals surface area contributed by atoms with Crippen LogP contribution in [-0.2, 0) is 11.8 Å². The van der Waals surface area contributed by atoms with E-state index in [0.717, 1.165) is 24.2 Å². The number of hydrogen-bond acceptors (Lipinski definition) is 0. The smallest absolute Gasteiger partial charge is 0.00391 e. The first-order valence-electron chi connectivity index (χ1n) is 7.66.